The molecule has 0 heterocycles. The summed E-state index contributed by atoms with van der Waals surface area (Å²) < 4.78 is 61.6. The quantitative estimate of drug-likeness (QED) is 0.137. The first-order valence-electron chi connectivity index (χ1n) is 11.2. The van der Waals surface area contributed by atoms with Crippen LogP contribution < -0.4 is 8.85 Å². The Morgan fingerprint density at radius 1 is 0.568 bits per heavy atom. The minimum atomic E-state index is -1.83. The summed E-state index contributed by atoms with van der Waals surface area (Å²) in [5.74, 6) is -2.77. The molecule has 0 saturated carbocycles. The van der Waals surface area contributed by atoms with Gasteiger partial charge in [0.2, 0.25) is 16.6 Å². The van der Waals surface area contributed by atoms with Gasteiger partial charge in [0.15, 0.2) is 0 Å². The van der Waals surface area contributed by atoms with Gasteiger partial charge in [0.05, 0.1) is 11.6 Å². The van der Waals surface area contributed by atoms with Crippen molar-refractivity contribution in [1.82, 2.24) is 0 Å². The topological polar surface area (TPSA) is 18.5 Å². The summed E-state index contributed by atoms with van der Waals surface area (Å²) in [5.41, 5.74) is 0. The molecule has 0 N–H and O–H groups in total. The van der Waals surface area contributed by atoms with E-state index in [1.54, 1.807) is 0 Å². The van der Waals surface area contributed by atoms with Crippen molar-refractivity contribution in [2.24, 2.45) is 0 Å². The number of rotatable bonds is 4. The zero-order valence-electron chi connectivity index (χ0n) is 21.9. The van der Waals surface area contributed by atoms with Gasteiger partial charge in [-0.3, -0.25) is 0 Å². The van der Waals surface area contributed by atoms with Crippen LogP contribution >= 0.6 is 0 Å². The van der Waals surface area contributed by atoms with E-state index in [4.69, 9.17) is 8.85 Å². The fraction of sp³-hybridized carbons (Fsp3) is 0.214. The van der Waals surface area contributed by atoms with Gasteiger partial charge in [-0.15, -0.1) is 36.4 Å². The second-order valence-corrected chi connectivity index (χ2v) is 18.2. The van der Waals surface area contributed by atoms with Crippen molar-refractivity contribution < 1.29 is 48.1 Å². The second kappa shape index (κ2) is 17.2. The Kier molecular flexibility index (Phi) is 16.1. The van der Waals surface area contributed by atoms with Crippen LogP contribution in [0.25, 0.3) is 0 Å². The summed E-state index contributed by atoms with van der Waals surface area (Å²) in [6, 6.07) is 28.7. The van der Waals surface area contributed by atoms with E-state index in [0.717, 1.165) is 12.1 Å². The fourth-order valence-electron chi connectivity index (χ4n) is 2.32. The summed E-state index contributed by atoms with van der Waals surface area (Å²) in [6.45, 7) is 11.6. The Morgan fingerprint density at radius 2 is 0.865 bits per heavy atom. The van der Waals surface area contributed by atoms with E-state index < -0.39 is 39.9 Å². The first-order chi connectivity index (χ1) is 16.8. The minimum absolute atomic E-state index is 0. The van der Waals surface area contributed by atoms with Crippen LogP contribution in [0.2, 0.25) is 39.3 Å². The molecule has 4 rings (SSSR count). The molecule has 0 atom stereocenters. The molecule has 0 aromatic heterocycles. The predicted octanol–water partition coefficient (Wildman–Crippen LogP) is 8.77. The number of hydrogen-bond donors (Lipinski definition) is 0. The first-order valence-corrected chi connectivity index (χ1v) is 18.0. The van der Waals surface area contributed by atoms with Gasteiger partial charge in [0.1, 0.15) is 0 Å². The van der Waals surface area contributed by atoms with Gasteiger partial charge in [0, 0.05) is 23.1 Å². The molecule has 0 aliphatic heterocycles. The third kappa shape index (κ3) is 17.7. The number of halogens is 4. The van der Waals surface area contributed by atoms with Crippen molar-refractivity contribution in [3.05, 3.63) is 120 Å². The molecule has 0 fully saturated rings. The van der Waals surface area contributed by atoms with E-state index in [-0.39, 0.29) is 33.2 Å². The zero-order valence-corrected chi connectivity index (χ0v) is 25.5. The molecule has 2 nitrogen and oxygen atoms in total. The number of benzene rings is 2. The largest absolute Gasteiger partial charge is 4.00 e. The van der Waals surface area contributed by atoms with Crippen LogP contribution in [-0.2, 0) is 21.7 Å². The molecule has 4 aromatic rings. The Morgan fingerprint density at radius 3 is 1.05 bits per heavy atom. The standard InChI is InChI=1S/2C9H11F2OSi.2C5H5.Ti/c2*1-13(2,3)12-9-5-4-7(10)6-8(9)11;2*1-2-4-5-3-1;/h2*4-5H,1-3H3;2*1-5H;/q4*-1;+4. The van der Waals surface area contributed by atoms with Crippen LogP contribution in [0.5, 0.6) is 11.5 Å². The molecule has 0 unspecified atom stereocenters. The van der Waals surface area contributed by atoms with E-state index in [1.807, 2.05) is 112 Å². The second-order valence-electron chi connectivity index (χ2n) is 9.32. The Labute approximate surface area is 235 Å². The monoisotopic (exact) mass is 580 g/mol. The molecule has 0 amide bonds. The van der Waals surface area contributed by atoms with Crippen molar-refractivity contribution >= 4 is 16.6 Å². The zero-order chi connectivity index (χ0) is 27.2. The smallest absolute Gasteiger partial charge is 0.600 e. The average molecular weight is 581 g/mol. The van der Waals surface area contributed by atoms with Crippen molar-refractivity contribution in [2.45, 2.75) is 39.3 Å². The van der Waals surface area contributed by atoms with E-state index in [2.05, 4.69) is 0 Å². The molecule has 0 bridgehead atoms. The average Bonchev–Trinajstić information content (AvgIpc) is 3.50. The Hall–Kier alpha value is -2.39. The third-order valence-corrected chi connectivity index (χ3v) is 5.26. The maximum Gasteiger partial charge on any atom is 4.00 e. The molecular weight excluding hydrogens is 548 g/mol. The maximum absolute atomic E-state index is 13.0. The summed E-state index contributed by atoms with van der Waals surface area (Å²) in [7, 11) is -3.66. The Bertz CT molecular complexity index is 984. The van der Waals surface area contributed by atoms with Gasteiger partial charge in [-0.2, -0.15) is 36.4 Å². The van der Waals surface area contributed by atoms with Gasteiger partial charge in [0.25, 0.3) is 0 Å². The van der Waals surface area contributed by atoms with Crippen molar-refractivity contribution in [3.63, 3.8) is 0 Å². The van der Waals surface area contributed by atoms with Gasteiger partial charge in [-0.05, 0) is 39.3 Å². The number of hydrogen-bond acceptors (Lipinski definition) is 2. The molecule has 0 saturated heterocycles. The van der Waals surface area contributed by atoms with Gasteiger partial charge in [-0.25, -0.2) is 41.8 Å². The molecule has 37 heavy (non-hydrogen) atoms. The van der Waals surface area contributed by atoms with Crippen molar-refractivity contribution in [3.8, 4) is 11.5 Å². The normalized spacial score (nSPS) is 10.2. The fourth-order valence-corrected chi connectivity index (χ4v) is 3.95. The van der Waals surface area contributed by atoms with E-state index in [9.17, 15) is 17.6 Å². The van der Waals surface area contributed by atoms with Crippen molar-refractivity contribution in [1.29, 1.82) is 0 Å². The summed E-state index contributed by atoms with van der Waals surface area (Å²) in [5, 5.41) is 0. The van der Waals surface area contributed by atoms with Crippen LogP contribution in [0.4, 0.5) is 17.6 Å². The van der Waals surface area contributed by atoms with Crippen LogP contribution in [0, 0.1) is 35.4 Å². The van der Waals surface area contributed by atoms with Crippen LogP contribution in [0.1, 0.15) is 0 Å². The van der Waals surface area contributed by atoms with Crippen molar-refractivity contribution in [2.75, 3.05) is 0 Å². The molecular formula is C28H32F4O2Si2Ti. The van der Waals surface area contributed by atoms with E-state index in [1.165, 1.54) is 12.1 Å². The molecule has 4 aromatic carbocycles. The van der Waals surface area contributed by atoms with Gasteiger partial charge in [-0.1, -0.05) is 0 Å². The third-order valence-electron chi connectivity index (χ3n) is 3.60. The first kappa shape index (κ1) is 34.6. The van der Waals surface area contributed by atoms with Gasteiger partial charge < -0.3 is 8.85 Å². The van der Waals surface area contributed by atoms with E-state index in [0.29, 0.717) is 0 Å². The van der Waals surface area contributed by atoms with Crippen LogP contribution in [0.3, 0.4) is 0 Å². The molecule has 0 radical (unpaired) electrons. The maximum atomic E-state index is 13.0. The SMILES string of the molecule is C[Si](C)(C)Oc1ccc(F)[c-]c1F.C[Si](C)(C)Oc1ccc(F)[c-]c1F.[Ti+4].c1cc[cH-]c1.c1cc[cH-]c1. The summed E-state index contributed by atoms with van der Waals surface area (Å²) in [6.07, 6.45) is 0. The molecule has 0 spiro atoms. The molecule has 9 heteroatoms. The van der Waals surface area contributed by atoms with Gasteiger partial charge >= 0.3 is 21.7 Å². The predicted molar refractivity (Wildman–Crippen MR) is 142 cm³/mol. The summed E-state index contributed by atoms with van der Waals surface area (Å²) in [4.78, 5) is 0. The molecule has 0 aliphatic rings. The summed E-state index contributed by atoms with van der Waals surface area (Å²) >= 11 is 0. The van der Waals surface area contributed by atoms with E-state index >= 15 is 0 Å². The molecule has 196 valence electrons. The minimum Gasteiger partial charge on any atom is -0.600 e. The Balaban J connectivity index is 0.000000502. The molecule has 0 aliphatic carbocycles. The van der Waals surface area contributed by atoms with Crippen LogP contribution in [-0.4, -0.2) is 16.6 Å². The van der Waals surface area contributed by atoms with Crippen LogP contribution in [0.15, 0.2) is 84.9 Å².